The van der Waals surface area contributed by atoms with E-state index in [-0.39, 0.29) is 0 Å². The SMILES string of the molecule is CCNC1Cc2ccccc2S1. The van der Waals surface area contributed by atoms with Crippen LogP contribution in [-0.4, -0.2) is 11.9 Å². The van der Waals surface area contributed by atoms with Gasteiger partial charge in [0.1, 0.15) is 0 Å². The van der Waals surface area contributed by atoms with Gasteiger partial charge in [-0.15, -0.1) is 11.8 Å². The Morgan fingerprint density at radius 3 is 3.08 bits per heavy atom. The second kappa shape index (κ2) is 3.50. The molecule has 2 heteroatoms. The maximum atomic E-state index is 3.45. The first-order valence-corrected chi connectivity index (χ1v) is 5.26. The van der Waals surface area contributed by atoms with Crippen molar-refractivity contribution in [2.75, 3.05) is 6.54 Å². The molecule has 2 rings (SSSR count). The van der Waals surface area contributed by atoms with Crippen LogP contribution in [0.15, 0.2) is 29.2 Å². The fourth-order valence-electron chi connectivity index (χ4n) is 1.52. The average molecular weight is 179 g/mol. The molecule has 0 aromatic heterocycles. The van der Waals surface area contributed by atoms with Crippen LogP contribution in [0.1, 0.15) is 12.5 Å². The van der Waals surface area contributed by atoms with E-state index in [2.05, 4.69) is 36.5 Å². The van der Waals surface area contributed by atoms with Crippen molar-refractivity contribution in [1.82, 2.24) is 5.32 Å². The quantitative estimate of drug-likeness (QED) is 0.747. The van der Waals surface area contributed by atoms with Gasteiger partial charge in [-0.25, -0.2) is 0 Å². The van der Waals surface area contributed by atoms with Crippen LogP contribution in [0.25, 0.3) is 0 Å². The first-order valence-electron chi connectivity index (χ1n) is 4.38. The third-order valence-electron chi connectivity index (χ3n) is 2.08. The van der Waals surface area contributed by atoms with Gasteiger partial charge in [-0.2, -0.15) is 0 Å². The molecule has 1 aliphatic heterocycles. The Hall–Kier alpha value is -0.470. The summed E-state index contributed by atoms with van der Waals surface area (Å²) in [5.74, 6) is 0. The number of benzene rings is 1. The molecule has 0 spiro atoms. The van der Waals surface area contributed by atoms with E-state index >= 15 is 0 Å². The lowest BCUT2D eigenvalue weighted by molar-refractivity contribution is 0.681. The molecule has 64 valence electrons. The van der Waals surface area contributed by atoms with Gasteiger partial charge in [-0.3, -0.25) is 0 Å². The molecule has 0 radical (unpaired) electrons. The predicted molar refractivity (Wildman–Crippen MR) is 53.5 cm³/mol. The highest BCUT2D eigenvalue weighted by molar-refractivity contribution is 8.00. The summed E-state index contributed by atoms with van der Waals surface area (Å²) in [4.78, 5) is 1.45. The molecule has 1 heterocycles. The molecule has 0 amide bonds. The van der Waals surface area contributed by atoms with Crippen LogP contribution in [0.4, 0.5) is 0 Å². The molecular weight excluding hydrogens is 166 g/mol. The maximum absolute atomic E-state index is 3.45. The minimum atomic E-state index is 0.604. The number of nitrogens with one attached hydrogen (secondary N) is 1. The first kappa shape index (κ1) is 8.14. The van der Waals surface area contributed by atoms with Crippen LogP contribution in [0.3, 0.4) is 0 Å². The molecule has 0 saturated carbocycles. The number of hydrogen-bond donors (Lipinski definition) is 1. The van der Waals surface area contributed by atoms with Gasteiger partial charge in [0.05, 0.1) is 5.37 Å². The van der Waals surface area contributed by atoms with Crippen LogP contribution >= 0.6 is 11.8 Å². The van der Waals surface area contributed by atoms with E-state index in [1.807, 2.05) is 11.8 Å². The van der Waals surface area contributed by atoms with Crippen molar-refractivity contribution in [1.29, 1.82) is 0 Å². The average Bonchev–Trinajstić information content (AvgIpc) is 2.47. The topological polar surface area (TPSA) is 12.0 Å². The second-order valence-electron chi connectivity index (χ2n) is 2.98. The third-order valence-corrected chi connectivity index (χ3v) is 3.35. The molecule has 1 aromatic carbocycles. The molecular formula is C10H13NS. The highest BCUT2D eigenvalue weighted by Crippen LogP contribution is 2.34. The summed E-state index contributed by atoms with van der Waals surface area (Å²) in [6, 6.07) is 8.66. The van der Waals surface area contributed by atoms with Gasteiger partial charge >= 0.3 is 0 Å². The Kier molecular flexibility index (Phi) is 2.38. The summed E-state index contributed by atoms with van der Waals surface area (Å²) in [6.07, 6.45) is 1.18. The summed E-state index contributed by atoms with van der Waals surface area (Å²) in [6.45, 7) is 3.22. The van der Waals surface area contributed by atoms with Gasteiger partial charge in [0.15, 0.2) is 0 Å². The molecule has 0 aliphatic carbocycles. The normalized spacial score (nSPS) is 20.9. The minimum absolute atomic E-state index is 0.604. The lowest BCUT2D eigenvalue weighted by atomic mass is 10.1. The summed E-state index contributed by atoms with van der Waals surface area (Å²) < 4.78 is 0. The Morgan fingerprint density at radius 2 is 2.33 bits per heavy atom. The van der Waals surface area contributed by atoms with E-state index in [1.165, 1.54) is 16.9 Å². The summed E-state index contributed by atoms with van der Waals surface area (Å²) >= 11 is 1.95. The number of likely N-dealkylation sites (N-methyl/N-ethyl adjacent to an activating group) is 1. The number of thioether (sulfide) groups is 1. The summed E-state index contributed by atoms with van der Waals surface area (Å²) in [7, 11) is 0. The smallest absolute Gasteiger partial charge is 0.0620 e. The van der Waals surface area contributed by atoms with Crippen LogP contribution in [0, 0.1) is 0 Å². The predicted octanol–water partition coefficient (Wildman–Crippen LogP) is 2.27. The second-order valence-corrected chi connectivity index (χ2v) is 4.22. The van der Waals surface area contributed by atoms with Crippen LogP contribution in [-0.2, 0) is 6.42 Å². The highest BCUT2D eigenvalue weighted by Gasteiger charge is 2.19. The molecule has 1 N–H and O–H groups in total. The van der Waals surface area contributed by atoms with Crippen molar-refractivity contribution in [2.45, 2.75) is 23.6 Å². The Labute approximate surface area is 77.6 Å². The zero-order chi connectivity index (χ0) is 8.39. The van der Waals surface area contributed by atoms with Gasteiger partial charge in [0, 0.05) is 4.90 Å². The van der Waals surface area contributed by atoms with Crippen molar-refractivity contribution in [2.24, 2.45) is 0 Å². The molecule has 0 fully saturated rings. The molecule has 1 nitrogen and oxygen atoms in total. The highest BCUT2D eigenvalue weighted by atomic mass is 32.2. The van der Waals surface area contributed by atoms with Gasteiger partial charge < -0.3 is 5.32 Å². The zero-order valence-corrected chi connectivity index (χ0v) is 8.03. The van der Waals surface area contributed by atoms with Gasteiger partial charge in [0.25, 0.3) is 0 Å². The van der Waals surface area contributed by atoms with Crippen molar-refractivity contribution >= 4 is 11.8 Å². The van der Waals surface area contributed by atoms with E-state index in [1.54, 1.807) is 0 Å². The molecule has 1 aliphatic rings. The lowest BCUT2D eigenvalue weighted by Gasteiger charge is -2.07. The number of hydrogen-bond acceptors (Lipinski definition) is 2. The molecule has 1 unspecified atom stereocenters. The van der Waals surface area contributed by atoms with Crippen molar-refractivity contribution in [3.8, 4) is 0 Å². The zero-order valence-electron chi connectivity index (χ0n) is 7.21. The standard InChI is InChI=1S/C10H13NS/c1-2-11-10-7-8-5-3-4-6-9(8)12-10/h3-6,10-11H,2,7H2,1H3. The summed E-state index contributed by atoms with van der Waals surface area (Å²) in [5, 5.41) is 4.06. The monoisotopic (exact) mass is 179 g/mol. The minimum Gasteiger partial charge on any atom is -0.305 e. The Morgan fingerprint density at radius 1 is 1.50 bits per heavy atom. The maximum Gasteiger partial charge on any atom is 0.0620 e. The van der Waals surface area contributed by atoms with Gasteiger partial charge in [-0.1, -0.05) is 25.1 Å². The Balaban J connectivity index is 2.11. The number of fused-ring (bicyclic) bond motifs is 1. The molecule has 1 aromatic rings. The van der Waals surface area contributed by atoms with Crippen molar-refractivity contribution in [3.05, 3.63) is 29.8 Å². The molecule has 0 saturated heterocycles. The van der Waals surface area contributed by atoms with Crippen molar-refractivity contribution < 1.29 is 0 Å². The lowest BCUT2D eigenvalue weighted by Crippen LogP contribution is -2.24. The number of rotatable bonds is 2. The van der Waals surface area contributed by atoms with E-state index in [0.717, 1.165) is 6.54 Å². The van der Waals surface area contributed by atoms with Crippen LogP contribution in [0.2, 0.25) is 0 Å². The molecule has 12 heavy (non-hydrogen) atoms. The van der Waals surface area contributed by atoms with E-state index in [4.69, 9.17) is 0 Å². The largest absolute Gasteiger partial charge is 0.305 e. The molecule has 1 atom stereocenters. The fourth-order valence-corrected chi connectivity index (χ4v) is 2.80. The van der Waals surface area contributed by atoms with E-state index < -0.39 is 0 Å². The Bertz CT molecular complexity index is 247. The van der Waals surface area contributed by atoms with Gasteiger partial charge in [-0.05, 0) is 24.6 Å². The van der Waals surface area contributed by atoms with E-state index in [9.17, 15) is 0 Å². The van der Waals surface area contributed by atoms with Crippen LogP contribution < -0.4 is 5.32 Å². The third kappa shape index (κ3) is 1.50. The van der Waals surface area contributed by atoms with Gasteiger partial charge in [0.2, 0.25) is 0 Å². The molecule has 0 bridgehead atoms. The van der Waals surface area contributed by atoms with E-state index in [0.29, 0.717) is 5.37 Å². The first-order chi connectivity index (χ1) is 5.90. The summed E-state index contributed by atoms with van der Waals surface area (Å²) in [5.41, 5.74) is 1.49. The van der Waals surface area contributed by atoms with Crippen molar-refractivity contribution in [3.63, 3.8) is 0 Å². The van der Waals surface area contributed by atoms with Crippen LogP contribution in [0.5, 0.6) is 0 Å². The fraction of sp³-hybridized carbons (Fsp3) is 0.400.